The van der Waals surface area contributed by atoms with Gasteiger partial charge in [0, 0.05) is 46.8 Å². The monoisotopic (exact) mass is 220 g/mol. The number of hydrogen-bond donors (Lipinski definition) is 1. The molecule has 1 aromatic rings. The lowest BCUT2D eigenvalue weighted by atomic mass is 10.3. The van der Waals surface area contributed by atoms with Crippen molar-refractivity contribution in [2.75, 3.05) is 45.2 Å². The molecule has 0 spiro atoms. The Balaban J connectivity index is 2.00. The van der Waals surface area contributed by atoms with E-state index in [1.165, 1.54) is 0 Å². The number of aromatic nitrogens is 1. The van der Waals surface area contributed by atoms with Gasteiger partial charge in [-0.05, 0) is 12.1 Å². The van der Waals surface area contributed by atoms with Gasteiger partial charge in [0.05, 0.1) is 5.69 Å². The van der Waals surface area contributed by atoms with Gasteiger partial charge in [-0.3, -0.25) is 4.90 Å². The predicted octanol–water partition coefficient (Wildman–Crippen LogP) is 0.553. The summed E-state index contributed by atoms with van der Waals surface area (Å²) in [4.78, 5) is 9.12. The van der Waals surface area contributed by atoms with Gasteiger partial charge in [-0.1, -0.05) is 6.07 Å². The second kappa shape index (κ2) is 5.27. The van der Waals surface area contributed by atoms with E-state index in [0.29, 0.717) is 0 Å². The second-order valence-corrected chi connectivity index (χ2v) is 4.41. The third-order valence-electron chi connectivity index (χ3n) is 2.85. The van der Waals surface area contributed by atoms with Crippen LogP contribution in [0.25, 0.3) is 0 Å². The number of hydrogen-bond acceptors (Lipinski definition) is 4. The summed E-state index contributed by atoms with van der Waals surface area (Å²) in [7, 11) is 4.05. The molecular formula is C12H20N4. The molecule has 1 aliphatic heterocycles. The summed E-state index contributed by atoms with van der Waals surface area (Å²) in [5.41, 5.74) is 1.16. The Hall–Kier alpha value is -1.13. The Morgan fingerprint density at radius 3 is 2.75 bits per heavy atom. The molecule has 2 rings (SSSR count). The largest absolute Gasteiger partial charge is 0.363 e. The average Bonchev–Trinajstić information content (AvgIpc) is 2.30. The number of anilines is 1. The number of pyridine rings is 1. The van der Waals surface area contributed by atoms with Crippen molar-refractivity contribution in [1.29, 1.82) is 0 Å². The zero-order valence-electron chi connectivity index (χ0n) is 10.1. The van der Waals surface area contributed by atoms with Crippen LogP contribution in [-0.4, -0.2) is 50.2 Å². The van der Waals surface area contributed by atoms with E-state index in [1.807, 2.05) is 25.1 Å². The van der Waals surface area contributed by atoms with Gasteiger partial charge >= 0.3 is 0 Å². The van der Waals surface area contributed by atoms with Crippen LogP contribution in [0.15, 0.2) is 18.2 Å². The van der Waals surface area contributed by atoms with E-state index in [2.05, 4.69) is 27.3 Å². The molecule has 0 saturated carbocycles. The van der Waals surface area contributed by atoms with Gasteiger partial charge in [0.25, 0.3) is 0 Å². The molecule has 4 nitrogen and oxygen atoms in total. The summed E-state index contributed by atoms with van der Waals surface area (Å²) >= 11 is 0. The molecule has 0 radical (unpaired) electrons. The Morgan fingerprint density at radius 1 is 1.31 bits per heavy atom. The summed E-state index contributed by atoms with van der Waals surface area (Å²) in [6.07, 6.45) is 0. The fourth-order valence-corrected chi connectivity index (χ4v) is 1.90. The summed E-state index contributed by atoms with van der Waals surface area (Å²) in [6, 6.07) is 6.23. The second-order valence-electron chi connectivity index (χ2n) is 4.41. The van der Waals surface area contributed by atoms with Crippen molar-refractivity contribution in [3.8, 4) is 0 Å². The molecule has 1 N–H and O–H groups in total. The molecule has 0 amide bonds. The average molecular weight is 220 g/mol. The molecular weight excluding hydrogens is 200 g/mol. The number of nitrogens with zero attached hydrogens (tertiary/aromatic N) is 3. The minimum Gasteiger partial charge on any atom is -0.363 e. The van der Waals surface area contributed by atoms with Gasteiger partial charge in [-0.25, -0.2) is 4.98 Å². The van der Waals surface area contributed by atoms with Crippen LogP contribution in [0.3, 0.4) is 0 Å². The highest BCUT2D eigenvalue weighted by Gasteiger charge is 2.10. The SMILES string of the molecule is CN(C)c1cccc(CN2CCNCC2)n1. The number of nitrogens with one attached hydrogen (secondary N) is 1. The lowest BCUT2D eigenvalue weighted by Gasteiger charge is -2.27. The first-order chi connectivity index (χ1) is 7.75. The highest BCUT2D eigenvalue weighted by molar-refractivity contribution is 5.36. The third kappa shape index (κ3) is 2.93. The smallest absolute Gasteiger partial charge is 0.128 e. The Morgan fingerprint density at radius 2 is 2.06 bits per heavy atom. The van der Waals surface area contributed by atoms with Gasteiger partial charge in [-0.15, -0.1) is 0 Å². The van der Waals surface area contributed by atoms with Crippen LogP contribution in [0.1, 0.15) is 5.69 Å². The van der Waals surface area contributed by atoms with Crippen molar-refractivity contribution in [3.63, 3.8) is 0 Å². The topological polar surface area (TPSA) is 31.4 Å². The molecule has 88 valence electrons. The molecule has 1 aliphatic rings. The summed E-state index contributed by atoms with van der Waals surface area (Å²) in [5.74, 6) is 1.03. The molecule has 1 saturated heterocycles. The zero-order valence-corrected chi connectivity index (χ0v) is 10.1. The fraction of sp³-hybridized carbons (Fsp3) is 0.583. The standard InChI is InChI=1S/C12H20N4/c1-15(2)12-5-3-4-11(14-12)10-16-8-6-13-7-9-16/h3-5,13H,6-10H2,1-2H3. The molecule has 4 heteroatoms. The van der Waals surface area contributed by atoms with Crippen molar-refractivity contribution >= 4 is 5.82 Å². The highest BCUT2D eigenvalue weighted by atomic mass is 15.2. The van der Waals surface area contributed by atoms with Crippen LogP contribution in [-0.2, 0) is 6.54 Å². The normalized spacial score (nSPS) is 17.4. The van der Waals surface area contributed by atoms with Gasteiger partial charge in [0.15, 0.2) is 0 Å². The molecule has 2 heterocycles. The first-order valence-corrected chi connectivity index (χ1v) is 5.82. The van der Waals surface area contributed by atoms with Crippen LogP contribution in [0.4, 0.5) is 5.82 Å². The molecule has 0 unspecified atom stereocenters. The lowest BCUT2D eigenvalue weighted by molar-refractivity contribution is 0.231. The maximum Gasteiger partial charge on any atom is 0.128 e. The van der Waals surface area contributed by atoms with Crippen LogP contribution in [0.5, 0.6) is 0 Å². The predicted molar refractivity (Wildman–Crippen MR) is 66.7 cm³/mol. The molecule has 0 aromatic carbocycles. The van der Waals surface area contributed by atoms with E-state index in [0.717, 1.165) is 44.2 Å². The molecule has 1 aromatic heterocycles. The number of rotatable bonds is 3. The van der Waals surface area contributed by atoms with E-state index < -0.39 is 0 Å². The van der Waals surface area contributed by atoms with Gasteiger partial charge in [-0.2, -0.15) is 0 Å². The first-order valence-electron chi connectivity index (χ1n) is 5.82. The van der Waals surface area contributed by atoms with Crippen molar-refractivity contribution in [1.82, 2.24) is 15.2 Å². The van der Waals surface area contributed by atoms with Crippen molar-refractivity contribution in [2.24, 2.45) is 0 Å². The lowest BCUT2D eigenvalue weighted by Crippen LogP contribution is -2.43. The van der Waals surface area contributed by atoms with Crippen molar-refractivity contribution < 1.29 is 0 Å². The van der Waals surface area contributed by atoms with E-state index in [-0.39, 0.29) is 0 Å². The Labute approximate surface area is 97.3 Å². The maximum atomic E-state index is 4.63. The van der Waals surface area contributed by atoms with Gasteiger partial charge in [0.1, 0.15) is 5.82 Å². The van der Waals surface area contributed by atoms with Crippen LogP contribution in [0, 0.1) is 0 Å². The molecule has 0 bridgehead atoms. The van der Waals surface area contributed by atoms with E-state index in [9.17, 15) is 0 Å². The summed E-state index contributed by atoms with van der Waals surface area (Å²) in [5, 5.41) is 3.36. The summed E-state index contributed by atoms with van der Waals surface area (Å²) in [6.45, 7) is 5.38. The molecule has 0 aliphatic carbocycles. The molecule has 16 heavy (non-hydrogen) atoms. The number of piperazine rings is 1. The third-order valence-corrected chi connectivity index (χ3v) is 2.85. The zero-order chi connectivity index (χ0) is 11.4. The van der Waals surface area contributed by atoms with Crippen molar-refractivity contribution in [3.05, 3.63) is 23.9 Å². The maximum absolute atomic E-state index is 4.63. The molecule has 0 atom stereocenters. The minimum absolute atomic E-state index is 0.962. The van der Waals surface area contributed by atoms with Gasteiger partial charge < -0.3 is 10.2 Å². The first kappa shape index (κ1) is 11.4. The molecule has 1 fully saturated rings. The fourth-order valence-electron chi connectivity index (χ4n) is 1.90. The van der Waals surface area contributed by atoms with Crippen LogP contribution >= 0.6 is 0 Å². The van der Waals surface area contributed by atoms with Crippen molar-refractivity contribution in [2.45, 2.75) is 6.54 Å². The summed E-state index contributed by atoms with van der Waals surface area (Å²) < 4.78 is 0. The van der Waals surface area contributed by atoms with Crippen LogP contribution in [0.2, 0.25) is 0 Å². The highest BCUT2D eigenvalue weighted by Crippen LogP contribution is 2.10. The Bertz CT molecular complexity index is 332. The van der Waals surface area contributed by atoms with E-state index >= 15 is 0 Å². The van der Waals surface area contributed by atoms with E-state index in [4.69, 9.17) is 0 Å². The quantitative estimate of drug-likeness (QED) is 0.806. The van der Waals surface area contributed by atoms with Crippen LogP contribution < -0.4 is 10.2 Å². The minimum atomic E-state index is 0.962. The van der Waals surface area contributed by atoms with Gasteiger partial charge in [0.2, 0.25) is 0 Å². The Kier molecular flexibility index (Phi) is 3.74. The van der Waals surface area contributed by atoms with E-state index in [1.54, 1.807) is 0 Å².